The highest BCUT2D eigenvalue weighted by Crippen LogP contribution is 2.31. The van der Waals surface area contributed by atoms with Crippen molar-refractivity contribution in [3.05, 3.63) is 33.0 Å². The van der Waals surface area contributed by atoms with Gasteiger partial charge in [0.05, 0.1) is 11.1 Å². The second-order valence-electron chi connectivity index (χ2n) is 3.87. The molecule has 1 aromatic carbocycles. The van der Waals surface area contributed by atoms with Gasteiger partial charge in [-0.1, -0.05) is 17.7 Å². The van der Waals surface area contributed by atoms with Crippen LogP contribution in [0.2, 0.25) is 5.02 Å². The van der Waals surface area contributed by atoms with Crippen molar-refractivity contribution < 1.29 is 9.50 Å². The zero-order valence-corrected chi connectivity index (χ0v) is 11.5. The third kappa shape index (κ3) is 3.42. The van der Waals surface area contributed by atoms with Gasteiger partial charge in [0, 0.05) is 16.6 Å². The molecule has 90 valence electrons. The Hall–Kier alpha value is -0.160. The molecular formula is C11H14BrClFNO. The summed E-state index contributed by atoms with van der Waals surface area (Å²) < 4.78 is 14.2. The molecule has 1 atom stereocenters. The molecule has 0 aliphatic rings. The van der Waals surface area contributed by atoms with Crippen LogP contribution in [0.25, 0.3) is 0 Å². The lowest BCUT2D eigenvalue weighted by atomic mass is 10.1. The first-order chi connectivity index (χ1) is 7.43. The number of hydrogen-bond donors (Lipinski definition) is 1. The third-order valence-electron chi connectivity index (χ3n) is 2.27. The molecule has 0 amide bonds. The van der Waals surface area contributed by atoms with E-state index in [-0.39, 0.29) is 10.6 Å². The second-order valence-corrected chi connectivity index (χ2v) is 5.10. The van der Waals surface area contributed by atoms with Crippen LogP contribution in [-0.4, -0.2) is 30.6 Å². The molecule has 5 heteroatoms. The largest absolute Gasteiger partial charge is 0.388 e. The summed E-state index contributed by atoms with van der Waals surface area (Å²) >= 11 is 8.88. The highest BCUT2D eigenvalue weighted by Gasteiger charge is 2.16. The van der Waals surface area contributed by atoms with E-state index < -0.39 is 11.9 Å². The maximum Gasteiger partial charge on any atom is 0.148 e. The number of aliphatic hydroxyl groups excluding tert-OH is 1. The van der Waals surface area contributed by atoms with Crippen LogP contribution in [0.5, 0.6) is 0 Å². The fraction of sp³-hybridized carbons (Fsp3) is 0.455. The fourth-order valence-electron chi connectivity index (χ4n) is 1.33. The summed E-state index contributed by atoms with van der Waals surface area (Å²) in [5.74, 6) is -0.553. The Balaban J connectivity index is 2.84. The van der Waals surface area contributed by atoms with Gasteiger partial charge in [-0.05, 0) is 42.5 Å². The van der Waals surface area contributed by atoms with E-state index >= 15 is 0 Å². The lowest BCUT2D eigenvalue weighted by Gasteiger charge is -2.16. The van der Waals surface area contributed by atoms with Gasteiger partial charge < -0.3 is 10.0 Å². The average molecular weight is 311 g/mol. The SMILES string of the molecule is CN(C)CCC(O)c1ccc(Br)c(Cl)c1F. The van der Waals surface area contributed by atoms with Gasteiger partial charge in [0.25, 0.3) is 0 Å². The molecule has 16 heavy (non-hydrogen) atoms. The number of benzene rings is 1. The molecule has 2 nitrogen and oxygen atoms in total. The predicted molar refractivity (Wildman–Crippen MR) is 67.2 cm³/mol. The zero-order valence-electron chi connectivity index (χ0n) is 9.17. The Bertz CT molecular complexity index is 373. The summed E-state index contributed by atoms with van der Waals surface area (Å²) in [5, 5.41) is 9.84. The van der Waals surface area contributed by atoms with Crippen molar-refractivity contribution in [3.63, 3.8) is 0 Å². The van der Waals surface area contributed by atoms with Crippen molar-refractivity contribution in [1.82, 2.24) is 4.90 Å². The first-order valence-corrected chi connectivity index (χ1v) is 6.06. The predicted octanol–water partition coefficient (Wildman–Crippen LogP) is 3.23. The van der Waals surface area contributed by atoms with E-state index in [1.54, 1.807) is 12.1 Å². The van der Waals surface area contributed by atoms with Crippen LogP contribution in [0.15, 0.2) is 16.6 Å². The van der Waals surface area contributed by atoms with E-state index in [1.165, 1.54) is 0 Å². The van der Waals surface area contributed by atoms with Gasteiger partial charge in [-0.25, -0.2) is 4.39 Å². The standard InChI is InChI=1S/C11H14BrClFNO/c1-15(2)6-5-9(16)7-3-4-8(12)10(13)11(7)14/h3-4,9,16H,5-6H2,1-2H3. The van der Waals surface area contributed by atoms with Crippen LogP contribution in [0, 0.1) is 5.82 Å². The number of hydrogen-bond acceptors (Lipinski definition) is 2. The number of aliphatic hydroxyl groups is 1. The van der Waals surface area contributed by atoms with Gasteiger partial charge in [0.2, 0.25) is 0 Å². The quantitative estimate of drug-likeness (QED) is 0.863. The molecule has 1 rings (SSSR count). The van der Waals surface area contributed by atoms with E-state index in [1.807, 2.05) is 19.0 Å². The zero-order chi connectivity index (χ0) is 12.3. The molecule has 0 aliphatic heterocycles. The van der Waals surface area contributed by atoms with Crippen LogP contribution in [0.3, 0.4) is 0 Å². The maximum atomic E-state index is 13.7. The minimum atomic E-state index is -0.826. The van der Waals surface area contributed by atoms with Crippen LogP contribution in [0.1, 0.15) is 18.1 Å². The topological polar surface area (TPSA) is 23.5 Å². The summed E-state index contributed by atoms with van der Waals surface area (Å²) in [5.41, 5.74) is 0.245. The smallest absolute Gasteiger partial charge is 0.148 e. The Morgan fingerprint density at radius 1 is 1.50 bits per heavy atom. The number of nitrogens with zero attached hydrogens (tertiary/aromatic N) is 1. The third-order valence-corrected chi connectivity index (χ3v) is 3.53. The van der Waals surface area contributed by atoms with E-state index in [0.29, 0.717) is 17.4 Å². The summed E-state index contributed by atoms with van der Waals surface area (Å²) in [6.07, 6.45) is -0.352. The first kappa shape index (κ1) is 13.9. The van der Waals surface area contributed by atoms with Gasteiger partial charge in [-0.2, -0.15) is 0 Å². The van der Waals surface area contributed by atoms with Crippen LogP contribution in [0.4, 0.5) is 4.39 Å². The molecule has 0 spiro atoms. The second kappa shape index (κ2) is 5.96. The molecule has 1 unspecified atom stereocenters. The van der Waals surface area contributed by atoms with Crippen LogP contribution >= 0.6 is 27.5 Å². The lowest BCUT2D eigenvalue weighted by molar-refractivity contribution is 0.150. The van der Waals surface area contributed by atoms with E-state index in [9.17, 15) is 9.50 Å². The van der Waals surface area contributed by atoms with Gasteiger partial charge in [-0.3, -0.25) is 0 Å². The maximum absolute atomic E-state index is 13.7. The summed E-state index contributed by atoms with van der Waals surface area (Å²) in [4.78, 5) is 1.93. The highest BCUT2D eigenvalue weighted by atomic mass is 79.9. The molecular weight excluding hydrogens is 296 g/mol. The van der Waals surface area contributed by atoms with Crippen molar-refractivity contribution in [2.24, 2.45) is 0 Å². The van der Waals surface area contributed by atoms with Crippen molar-refractivity contribution in [2.75, 3.05) is 20.6 Å². The van der Waals surface area contributed by atoms with Gasteiger partial charge in [-0.15, -0.1) is 0 Å². The highest BCUT2D eigenvalue weighted by molar-refractivity contribution is 9.10. The van der Waals surface area contributed by atoms with Crippen molar-refractivity contribution in [1.29, 1.82) is 0 Å². The molecule has 0 saturated heterocycles. The van der Waals surface area contributed by atoms with Gasteiger partial charge >= 0.3 is 0 Å². The number of halogens is 3. The fourth-order valence-corrected chi connectivity index (χ4v) is 1.81. The van der Waals surface area contributed by atoms with E-state index in [4.69, 9.17) is 11.6 Å². The molecule has 0 heterocycles. The van der Waals surface area contributed by atoms with E-state index in [0.717, 1.165) is 0 Å². The van der Waals surface area contributed by atoms with Crippen LogP contribution < -0.4 is 0 Å². The molecule has 1 N–H and O–H groups in total. The Morgan fingerprint density at radius 2 is 2.12 bits per heavy atom. The molecule has 0 saturated carbocycles. The molecule has 0 radical (unpaired) electrons. The summed E-state index contributed by atoms with van der Waals surface area (Å²) in [7, 11) is 3.80. The average Bonchev–Trinajstić information content (AvgIpc) is 2.23. The Kier molecular flexibility index (Phi) is 5.18. The molecule has 0 bridgehead atoms. The molecule has 0 fully saturated rings. The Labute approximate surface area is 108 Å². The summed E-state index contributed by atoms with van der Waals surface area (Å²) in [6.45, 7) is 0.689. The monoisotopic (exact) mass is 309 g/mol. The number of rotatable bonds is 4. The first-order valence-electron chi connectivity index (χ1n) is 4.89. The minimum absolute atomic E-state index is 0.0152. The molecule has 0 aliphatic carbocycles. The van der Waals surface area contributed by atoms with E-state index in [2.05, 4.69) is 15.9 Å². The molecule has 1 aromatic rings. The lowest BCUT2D eigenvalue weighted by Crippen LogP contribution is -2.16. The summed E-state index contributed by atoms with van der Waals surface area (Å²) in [6, 6.07) is 3.19. The molecule has 0 aromatic heterocycles. The minimum Gasteiger partial charge on any atom is -0.388 e. The van der Waals surface area contributed by atoms with Crippen molar-refractivity contribution in [2.45, 2.75) is 12.5 Å². The van der Waals surface area contributed by atoms with Crippen molar-refractivity contribution in [3.8, 4) is 0 Å². The van der Waals surface area contributed by atoms with Gasteiger partial charge in [0.1, 0.15) is 5.82 Å². The van der Waals surface area contributed by atoms with Crippen molar-refractivity contribution >= 4 is 27.5 Å². The Morgan fingerprint density at radius 3 is 2.69 bits per heavy atom. The normalized spacial score (nSPS) is 13.2. The van der Waals surface area contributed by atoms with Gasteiger partial charge in [0.15, 0.2) is 0 Å². The van der Waals surface area contributed by atoms with Crippen LogP contribution in [-0.2, 0) is 0 Å².